The highest BCUT2D eigenvalue weighted by atomic mass is 35.5. The van der Waals surface area contributed by atoms with Crippen LogP contribution >= 0.6 is 11.6 Å². The van der Waals surface area contributed by atoms with E-state index in [2.05, 4.69) is 64.9 Å². The number of piperidine rings is 1. The van der Waals surface area contributed by atoms with Gasteiger partial charge in [-0.05, 0) is 93.2 Å². The molecule has 1 aliphatic rings. The van der Waals surface area contributed by atoms with Gasteiger partial charge in [-0.15, -0.1) is 0 Å². The van der Waals surface area contributed by atoms with Crippen molar-refractivity contribution in [3.8, 4) is 5.75 Å². The molecule has 0 atom stereocenters. The number of likely N-dealkylation sites (tertiary alicyclic amines) is 1. The summed E-state index contributed by atoms with van der Waals surface area (Å²) >= 11 is 6.01. The van der Waals surface area contributed by atoms with Crippen LogP contribution in [-0.2, 0) is 13.2 Å². The van der Waals surface area contributed by atoms with Crippen LogP contribution in [0.1, 0.15) is 42.1 Å². The van der Waals surface area contributed by atoms with Crippen LogP contribution in [0.3, 0.4) is 0 Å². The summed E-state index contributed by atoms with van der Waals surface area (Å²) in [5, 5.41) is 0.711. The topological polar surface area (TPSA) is 30.3 Å². The SMILES string of the molecule is Cc1cccc2c1nc(COc1ccc(Cl)cc1)n2CCCN1CCC(c2ccccc2)CC1. The molecule has 3 aromatic carbocycles. The molecule has 0 radical (unpaired) electrons. The molecule has 4 nitrogen and oxygen atoms in total. The zero-order valence-corrected chi connectivity index (χ0v) is 20.5. The molecule has 0 aliphatic carbocycles. The molecule has 2 heterocycles. The van der Waals surface area contributed by atoms with Crippen molar-refractivity contribution in [2.24, 2.45) is 0 Å². The summed E-state index contributed by atoms with van der Waals surface area (Å²) in [7, 11) is 0. The second kappa shape index (κ2) is 10.6. The predicted molar refractivity (Wildman–Crippen MR) is 140 cm³/mol. The lowest BCUT2D eigenvalue weighted by atomic mass is 9.89. The van der Waals surface area contributed by atoms with Crippen LogP contribution in [0.4, 0.5) is 0 Å². The number of benzene rings is 3. The Balaban J connectivity index is 1.22. The molecule has 1 aliphatic heterocycles. The summed E-state index contributed by atoms with van der Waals surface area (Å²) in [6, 6.07) is 24.9. The van der Waals surface area contributed by atoms with E-state index in [1.165, 1.54) is 42.6 Å². The molecule has 0 bridgehead atoms. The molecule has 0 spiro atoms. The van der Waals surface area contributed by atoms with Gasteiger partial charge >= 0.3 is 0 Å². The van der Waals surface area contributed by atoms with Crippen LogP contribution < -0.4 is 4.74 Å². The fraction of sp³-hybridized carbons (Fsp3) is 0.345. The Morgan fingerprint density at radius 1 is 0.912 bits per heavy atom. The van der Waals surface area contributed by atoms with Gasteiger partial charge in [-0.25, -0.2) is 4.98 Å². The maximum Gasteiger partial charge on any atom is 0.148 e. The van der Waals surface area contributed by atoms with Crippen molar-refractivity contribution in [1.82, 2.24) is 14.5 Å². The van der Waals surface area contributed by atoms with Crippen molar-refractivity contribution in [3.05, 3.63) is 94.8 Å². The third-order valence-corrected chi connectivity index (χ3v) is 7.21. The second-order valence-corrected chi connectivity index (χ2v) is 9.68. The predicted octanol–water partition coefficient (Wildman–Crippen LogP) is 6.85. The minimum atomic E-state index is 0.443. The number of aryl methyl sites for hydroxylation is 2. The first-order valence-corrected chi connectivity index (χ1v) is 12.7. The number of imidazole rings is 1. The van der Waals surface area contributed by atoms with Gasteiger partial charge in [0.15, 0.2) is 0 Å². The van der Waals surface area contributed by atoms with Crippen LogP contribution in [0.5, 0.6) is 5.75 Å². The maximum atomic E-state index is 6.05. The Bertz CT molecular complexity index is 1210. The Kier molecular flexibility index (Phi) is 7.17. The van der Waals surface area contributed by atoms with Crippen LogP contribution in [0.25, 0.3) is 11.0 Å². The highest BCUT2D eigenvalue weighted by Gasteiger charge is 2.20. The van der Waals surface area contributed by atoms with E-state index in [9.17, 15) is 0 Å². The van der Waals surface area contributed by atoms with Gasteiger partial charge in [0.1, 0.15) is 18.2 Å². The van der Waals surface area contributed by atoms with E-state index < -0.39 is 0 Å². The summed E-state index contributed by atoms with van der Waals surface area (Å²) < 4.78 is 8.40. The first-order chi connectivity index (χ1) is 16.7. The summed E-state index contributed by atoms with van der Waals surface area (Å²) in [6.07, 6.45) is 3.60. The Labute approximate surface area is 207 Å². The number of fused-ring (bicyclic) bond motifs is 1. The molecule has 176 valence electrons. The number of nitrogens with zero attached hydrogens (tertiary/aromatic N) is 3. The van der Waals surface area contributed by atoms with Crippen molar-refractivity contribution >= 4 is 22.6 Å². The lowest BCUT2D eigenvalue weighted by Gasteiger charge is -2.32. The van der Waals surface area contributed by atoms with Gasteiger partial charge < -0.3 is 14.2 Å². The van der Waals surface area contributed by atoms with E-state index in [0.717, 1.165) is 36.6 Å². The van der Waals surface area contributed by atoms with E-state index in [4.69, 9.17) is 21.3 Å². The smallest absolute Gasteiger partial charge is 0.148 e. The van der Waals surface area contributed by atoms with Crippen molar-refractivity contribution in [3.63, 3.8) is 0 Å². The summed E-state index contributed by atoms with van der Waals surface area (Å²) in [6.45, 7) is 6.98. The molecule has 0 saturated carbocycles. The average Bonchev–Trinajstić information content (AvgIpc) is 3.23. The van der Waals surface area contributed by atoms with E-state index in [1.807, 2.05) is 24.3 Å². The first-order valence-electron chi connectivity index (χ1n) is 12.3. The van der Waals surface area contributed by atoms with Crippen LogP contribution in [0.15, 0.2) is 72.8 Å². The number of ether oxygens (including phenoxy) is 1. The Hall–Kier alpha value is -2.82. The van der Waals surface area contributed by atoms with Gasteiger partial charge in [0.05, 0.1) is 11.0 Å². The average molecular weight is 474 g/mol. The van der Waals surface area contributed by atoms with Gasteiger partial charge in [-0.1, -0.05) is 54.1 Å². The summed E-state index contributed by atoms with van der Waals surface area (Å²) in [4.78, 5) is 7.57. The van der Waals surface area contributed by atoms with Gasteiger partial charge in [0.25, 0.3) is 0 Å². The van der Waals surface area contributed by atoms with Gasteiger partial charge in [0, 0.05) is 11.6 Å². The van der Waals surface area contributed by atoms with Gasteiger partial charge in [-0.2, -0.15) is 0 Å². The Morgan fingerprint density at radius 2 is 1.68 bits per heavy atom. The lowest BCUT2D eigenvalue weighted by Crippen LogP contribution is -2.34. The largest absolute Gasteiger partial charge is 0.486 e. The molecule has 1 aromatic heterocycles. The zero-order chi connectivity index (χ0) is 23.3. The maximum absolute atomic E-state index is 6.05. The van der Waals surface area contributed by atoms with Gasteiger partial charge in [0.2, 0.25) is 0 Å². The number of aromatic nitrogens is 2. The summed E-state index contributed by atoms with van der Waals surface area (Å²) in [5.41, 5.74) is 4.96. The summed E-state index contributed by atoms with van der Waals surface area (Å²) in [5.74, 6) is 2.48. The van der Waals surface area contributed by atoms with E-state index in [1.54, 1.807) is 0 Å². The monoisotopic (exact) mass is 473 g/mol. The third-order valence-electron chi connectivity index (χ3n) is 6.96. The number of para-hydroxylation sites is 1. The molecule has 4 aromatic rings. The molecule has 34 heavy (non-hydrogen) atoms. The normalized spacial score (nSPS) is 15.1. The standard InChI is InChI=1S/C29H32ClN3O/c1-22-7-5-10-27-29(22)31-28(21-34-26-13-11-25(30)12-14-26)33(27)18-6-17-32-19-15-24(16-20-32)23-8-3-2-4-9-23/h2-5,7-14,24H,6,15-21H2,1H3. The first kappa shape index (κ1) is 22.9. The van der Waals surface area contributed by atoms with E-state index in [0.29, 0.717) is 17.5 Å². The molecular formula is C29H32ClN3O. The van der Waals surface area contributed by atoms with Crippen LogP contribution in [-0.4, -0.2) is 34.1 Å². The molecule has 5 rings (SSSR count). The fourth-order valence-corrected chi connectivity index (χ4v) is 5.17. The van der Waals surface area contributed by atoms with Crippen LogP contribution in [0.2, 0.25) is 5.02 Å². The number of rotatable bonds is 8. The van der Waals surface area contributed by atoms with Crippen LogP contribution in [0, 0.1) is 6.92 Å². The molecule has 0 amide bonds. The van der Waals surface area contributed by atoms with E-state index >= 15 is 0 Å². The van der Waals surface area contributed by atoms with Crippen molar-refractivity contribution in [1.29, 1.82) is 0 Å². The lowest BCUT2D eigenvalue weighted by molar-refractivity contribution is 0.206. The second-order valence-electron chi connectivity index (χ2n) is 9.25. The van der Waals surface area contributed by atoms with Crippen molar-refractivity contribution < 1.29 is 4.74 Å². The number of hydrogen-bond donors (Lipinski definition) is 0. The Morgan fingerprint density at radius 3 is 2.44 bits per heavy atom. The molecular weight excluding hydrogens is 442 g/mol. The van der Waals surface area contributed by atoms with E-state index in [-0.39, 0.29) is 0 Å². The molecule has 5 heteroatoms. The molecule has 1 saturated heterocycles. The highest BCUT2D eigenvalue weighted by Crippen LogP contribution is 2.28. The van der Waals surface area contributed by atoms with Crippen molar-refractivity contribution in [2.45, 2.75) is 45.3 Å². The third kappa shape index (κ3) is 5.29. The van der Waals surface area contributed by atoms with Crippen molar-refractivity contribution in [2.75, 3.05) is 19.6 Å². The number of hydrogen-bond acceptors (Lipinski definition) is 3. The molecule has 0 unspecified atom stereocenters. The quantitative estimate of drug-likeness (QED) is 0.280. The van der Waals surface area contributed by atoms with Gasteiger partial charge in [-0.3, -0.25) is 0 Å². The highest BCUT2D eigenvalue weighted by molar-refractivity contribution is 6.30. The molecule has 1 fully saturated rings. The minimum absolute atomic E-state index is 0.443. The zero-order valence-electron chi connectivity index (χ0n) is 19.8. The minimum Gasteiger partial charge on any atom is -0.486 e. The number of halogens is 1. The molecule has 0 N–H and O–H groups in total. The fourth-order valence-electron chi connectivity index (χ4n) is 5.04.